The molecule has 3 unspecified atom stereocenters. The summed E-state index contributed by atoms with van der Waals surface area (Å²) in [6, 6.07) is 5.71. The summed E-state index contributed by atoms with van der Waals surface area (Å²) < 4.78 is 77.9. The molecule has 0 heterocycles. The molecule has 3 nitrogen and oxygen atoms in total. The van der Waals surface area contributed by atoms with Gasteiger partial charge < -0.3 is 14.8 Å². The molecule has 0 bridgehead atoms. The quantitative estimate of drug-likeness (QED) is 0.134. The number of alkyl halides is 5. The first-order valence-electron chi connectivity index (χ1n) is 15.6. The van der Waals surface area contributed by atoms with Gasteiger partial charge in [0.05, 0.1) is 6.10 Å². The lowest BCUT2D eigenvalue weighted by atomic mass is 9.47. The Labute approximate surface area is 244 Å². The summed E-state index contributed by atoms with van der Waals surface area (Å²) in [5, 5.41) is 20.9. The van der Waals surface area contributed by atoms with Gasteiger partial charge >= 0.3 is 12.1 Å². The van der Waals surface area contributed by atoms with Gasteiger partial charge in [0.2, 0.25) is 0 Å². The topological polar surface area (TPSA) is 63.5 Å². The summed E-state index contributed by atoms with van der Waals surface area (Å²) in [5.41, 5.74) is 2.27. The van der Waals surface area contributed by atoms with Crippen molar-refractivity contribution < 1.29 is 36.7 Å². The van der Waals surface area contributed by atoms with Crippen molar-refractivity contribution in [3.8, 4) is 5.75 Å². The van der Waals surface area contributed by atoms with E-state index in [1.54, 1.807) is 6.07 Å². The smallest absolute Gasteiger partial charge is 0.453 e. The number of aryl methyl sites for hydroxylation is 1. The lowest BCUT2D eigenvalue weighted by Crippen LogP contribution is -2.53. The largest absolute Gasteiger partial charge is 0.616 e. The molecule has 4 rings (SSSR count). The zero-order valence-electron chi connectivity index (χ0n) is 24.5. The summed E-state index contributed by atoms with van der Waals surface area (Å²) in [7, 11) is 0. The third-order valence-corrected chi connectivity index (χ3v) is 12.8. The van der Waals surface area contributed by atoms with E-state index >= 15 is 0 Å². The zero-order valence-corrected chi connectivity index (χ0v) is 25.3. The molecule has 3 aliphatic carbocycles. The van der Waals surface area contributed by atoms with E-state index in [0.717, 1.165) is 70.6 Å². The van der Waals surface area contributed by atoms with Crippen molar-refractivity contribution in [2.24, 2.45) is 17.3 Å². The van der Waals surface area contributed by atoms with Crippen LogP contribution in [0.3, 0.4) is 0 Å². The number of unbranched alkanes of at least 4 members (excludes halogenated alkanes) is 2. The number of benzene rings is 1. The van der Waals surface area contributed by atoms with Crippen LogP contribution in [0.15, 0.2) is 18.2 Å². The zero-order chi connectivity index (χ0) is 30.1. The summed E-state index contributed by atoms with van der Waals surface area (Å²) in [4.78, 5) is 0. The molecule has 0 amide bonds. The minimum Gasteiger partial charge on any atom is -0.616 e. The molecule has 0 aromatic heterocycles. The Morgan fingerprint density at radius 2 is 1.73 bits per heavy atom. The number of halogens is 5. The molecule has 234 valence electrons. The van der Waals surface area contributed by atoms with E-state index in [9.17, 15) is 36.7 Å². The molecule has 2 fully saturated rings. The van der Waals surface area contributed by atoms with Gasteiger partial charge in [-0.25, -0.2) is 0 Å². The van der Waals surface area contributed by atoms with Crippen LogP contribution < -0.4 is 0 Å². The van der Waals surface area contributed by atoms with Crippen molar-refractivity contribution in [2.45, 2.75) is 139 Å². The van der Waals surface area contributed by atoms with Crippen LogP contribution in [0.1, 0.15) is 115 Å². The molecule has 0 saturated heterocycles. The summed E-state index contributed by atoms with van der Waals surface area (Å²) in [6.45, 7) is 4.31. The van der Waals surface area contributed by atoms with E-state index in [1.165, 1.54) is 11.1 Å². The number of aromatic hydroxyl groups is 1. The van der Waals surface area contributed by atoms with Crippen LogP contribution in [0.25, 0.3) is 0 Å². The predicted octanol–water partition coefficient (Wildman–Crippen LogP) is 8.61. The van der Waals surface area contributed by atoms with Crippen molar-refractivity contribution in [3.05, 3.63) is 29.3 Å². The molecule has 1 aromatic carbocycles. The molecule has 41 heavy (non-hydrogen) atoms. The Hall–Kier alpha value is -1.06. The second-order valence-corrected chi connectivity index (χ2v) is 15.1. The number of hydrogen-bond donors (Lipinski definition) is 2. The Morgan fingerprint density at radius 3 is 2.44 bits per heavy atom. The minimum absolute atomic E-state index is 0.0920. The van der Waals surface area contributed by atoms with E-state index in [2.05, 4.69) is 19.9 Å². The van der Waals surface area contributed by atoms with Crippen molar-refractivity contribution in [2.75, 3.05) is 5.75 Å². The Bertz CT molecular complexity index is 1020. The monoisotopic (exact) mass is 606 g/mol. The summed E-state index contributed by atoms with van der Waals surface area (Å²) in [6.07, 6.45) is 3.79. The number of aliphatic hydroxyl groups is 1. The SMILES string of the molecule is CCCCCC(CCCC12CC[C@]3(C)[C@@H](O)CC[C@H]3[C@@H]1CCc1cc(O)ccc12)[S+]([O-])CCCC(F)(F)C(F)(F)F. The van der Waals surface area contributed by atoms with E-state index < -0.39 is 36.1 Å². The van der Waals surface area contributed by atoms with Crippen LogP contribution in [-0.2, 0) is 23.0 Å². The lowest BCUT2D eigenvalue weighted by molar-refractivity contribution is -0.284. The fraction of sp³-hybridized carbons (Fsp3) is 0.812. The summed E-state index contributed by atoms with van der Waals surface area (Å²) in [5.74, 6) is -3.81. The van der Waals surface area contributed by atoms with E-state index in [1.807, 2.05) is 6.07 Å². The van der Waals surface area contributed by atoms with Crippen LogP contribution in [0.5, 0.6) is 5.75 Å². The Balaban J connectivity index is 1.48. The minimum atomic E-state index is -5.58. The van der Waals surface area contributed by atoms with Gasteiger partial charge in [-0.1, -0.05) is 43.9 Å². The molecule has 1 aromatic rings. The van der Waals surface area contributed by atoms with Gasteiger partial charge in [0.25, 0.3) is 0 Å². The second-order valence-electron chi connectivity index (χ2n) is 13.2. The van der Waals surface area contributed by atoms with Gasteiger partial charge in [0.1, 0.15) is 16.8 Å². The van der Waals surface area contributed by atoms with Gasteiger partial charge in [-0.15, -0.1) is 0 Å². The van der Waals surface area contributed by atoms with Crippen LogP contribution in [-0.4, -0.2) is 44.0 Å². The molecule has 9 heteroatoms. The van der Waals surface area contributed by atoms with E-state index in [4.69, 9.17) is 0 Å². The van der Waals surface area contributed by atoms with Gasteiger partial charge in [-0.3, -0.25) is 0 Å². The van der Waals surface area contributed by atoms with Crippen LogP contribution in [0.4, 0.5) is 22.0 Å². The third-order valence-electron chi connectivity index (χ3n) is 10.9. The molecule has 0 spiro atoms. The highest BCUT2D eigenvalue weighted by atomic mass is 32.2. The molecule has 7 atom stereocenters. The van der Waals surface area contributed by atoms with E-state index in [-0.39, 0.29) is 33.7 Å². The maximum Gasteiger partial charge on any atom is 0.453 e. The average Bonchev–Trinajstić information content (AvgIpc) is 3.20. The standard InChI is InChI=1S/C32H47F5O3S/c1-3-4-5-8-24(41(40)20-7-17-31(33,34)32(35,36)37)9-6-16-30-19-18-29(2)26(14-15-28(29)39)27(30)12-10-22-21-23(38)11-13-25(22)30/h11,13,21,24,26-28,38-39H,3-10,12,14-20H2,1-2H3/t24?,26-,27-,28-,29-,30?,41?/m0/s1. The summed E-state index contributed by atoms with van der Waals surface area (Å²) >= 11 is -1.47. The first-order valence-corrected chi connectivity index (χ1v) is 17.0. The number of aliphatic hydroxyl groups excluding tert-OH is 1. The van der Waals surface area contributed by atoms with Gasteiger partial charge in [-0.2, -0.15) is 22.0 Å². The number of hydrogen-bond acceptors (Lipinski definition) is 3. The van der Waals surface area contributed by atoms with Gasteiger partial charge in [0, 0.05) is 6.42 Å². The van der Waals surface area contributed by atoms with Crippen LogP contribution >= 0.6 is 0 Å². The number of rotatable bonds is 13. The maximum atomic E-state index is 13.4. The number of phenolic OH excluding ortho intramolecular Hbond substituents is 1. The first kappa shape index (κ1) is 32.8. The fourth-order valence-electron chi connectivity index (χ4n) is 8.58. The normalized spacial score (nSPS) is 31.3. The predicted molar refractivity (Wildman–Crippen MR) is 153 cm³/mol. The molecular formula is C32H47F5O3S. The maximum absolute atomic E-state index is 13.4. The number of fused-ring (bicyclic) bond motifs is 5. The van der Waals surface area contributed by atoms with Crippen LogP contribution in [0.2, 0.25) is 0 Å². The molecule has 3 aliphatic rings. The highest BCUT2D eigenvalue weighted by molar-refractivity contribution is 7.92. The van der Waals surface area contributed by atoms with Gasteiger partial charge in [0.15, 0.2) is 0 Å². The van der Waals surface area contributed by atoms with Crippen molar-refractivity contribution in [3.63, 3.8) is 0 Å². The molecular weight excluding hydrogens is 559 g/mol. The van der Waals surface area contributed by atoms with Crippen molar-refractivity contribution in [1.82, 2.24) is 0 Å². The average molecular weight is 607 g/mol. The van der Waals surface area contributed by atoms with Crippen LogP contribution in [0, 0.1) is 17.3 Å². The fourth-order valence-corrected chi connectivity index (χ4v) is 10.2. The third kappa shape index (κ3) is 6.72. The van der Waals surface area contributed by atoms with Crippen molar-refractivity contribution in [1.29, 1.82) is 0 Å². The second kappa shape index (κ2) is 12.9. The highest BCUT2D eigenvalue weighted by Crippen LogP contribution is 2.64. The number of phenols is 1. The lowest BCUT2D eigenvalue weighted by Gasteiger charge is -2.57. The molecule has 2 saturated carbocycles. The molecule has 0 aliphatic heterocycles. The van der Waals surface area contributed by atoms with E-state index in [0.29, 0.717) is 24.7 Å². The highest BCUT2D eigenvalue weighted by Gasteiger charge is 2.60. The molecule has 0 radical (unpaired) electrons. The van der Waals surface area contributed by atoms with Gasteiger partial charge in [-0.05, 0) is 123 Å². The van der Waals surface area contributed by atoms with Crippen molar-refractivity contribution >= 4 is 11.2 Å². The Morgan fingerprint density at radius 1 is 1.00 bits per heavy atom. The Kier molecular flexibility index (Phi) is 10.3. The molecule has 2 N–H and O–H groups in total. The first-order chi connectivity index (χ1) is 19.2.